The van der Waals surface area contributed by atoms with Gasteiger partial charge >= 0.3 is 0 Å². The first-order valence-electron chi connectivity index (χ1n) is 6.41. The second kappa shape index (κ2) is 5.38. The standard InChI is InChI=1S/C15H15FN2O2/c16-11-1-3-13(10(7-11)5-6-17)18-12-2-4-14-15(8-12)20-9-19-14/h1-4,7-8,18H,5-6,9,17H2. The average molecular weight is 274 g/mol. The molecule has 0 fully saturated rings. The van der Waals surface area contributed by atoms with E-state index in [0.29, 0.717) is 18.7 Å². The van der Waals surface area contributed by atoms with Crippen LogP contribution in [0.15, 0.2) is 36.4 Å². The molecule has 0 amide bonds. The predicted octanol–water partition coefficient (Wildman–Crippen LogP) is 2.80. The summed E-state index contributed by atoms with van der Waals surface area (Å²) in [7, 11) is 0. The average Bonchev–Trinajstić information content (AvgIpc) is 2.89. The molecule has 4 nitrogen and oxygen atoms in total. The van der Waals surface area contributed by atoms with E-state index in [9.17, 15) is 4.39 Å². The number of anilines is 2. The SMILES string of the molecule is NCCc1cc(F)ccc1Nc1ccc2c(c1)OCO2. The Balaban J connectivity index is 1.87. The van der Waals surface area contributed by atoms with Gasteiger partial charge in [0, 0.05) is 17.4 Å². The van der Waals surface area contributed by atoms with E-state index in [2.05, 4.69) is 5.32 Å². The Morgan fingerprint density at radius 3 is 2.80 bits per heavy atom. The van der Waals surface area contributed by atoms with Crippen LogP contribution in [0.2, 0.25) is 0 Å². The van der Waals surface area contributed by atoms with E-state index in [-0.39, 0.29) is 12.6 Å². The molecular formula is C15H15FN2O2. The summed E-state index contributed by atoms with van der Waals surface area (Å²) in [6.07, 6.45) is 0.616. The van der Waals surface area contributed by atoms with Crippen molar-refractivity contribution in [3.05, 3.63) is 47.8 Å². The van der Waals surface area contributed by atoms with Gasteiger partial charge in [0.05, 0.1) is 0 Å². The molecular weight excluding hydrogens is 259 g/mol. The topological polar surface area (TPSA) is 56.5 Å². The highest BCUT2D eigenvalue weighted by Crippen LogP contribution is 2.35. The molecule has 0 atom stereocenters. The summed E-state index contributed by atoms with van der Waals surface area (Å²) in [6, 6.07) is 10.2. The van der Waals surface area contributed by atoms with Crippen LogP contribution in [-0.2, 0) is 6.42 Å². The molecule has 0 spiro atoms. The molecule has 0 aromatic heterocycles. The van der Waals surface area contributed by atoms with E-state index in [1.165, 1.54) is 12.1 Å². The Bertz CT molecular complexity index is 631. The molecule has 1 aliphatic heterocycles. The Morgan fingerprint density at radius 2 is 1.95 bits per heavy atom. The quantitative estimate of drug-likeness (QED) is 0.900. The Labute approximate surface area is 116 Å². The van der Waals surface area contributed by atoms with Crippen LogP contribution in [-0.4, -0.2) is 13.3 Å². The molecule has 0 saturated carbocycles. The van der Waals surface area contributed by atoms with Gasteiger partial charge in [-0.15, -0.1) is 0 Å². The minimum absolute atomic E-state index is 0.244. The molecule has 0 bridgehead atoms. The molecule has 104 valence electrons. The second-order valence-electron chi connectivity index (χ2n) is 4.53. The number of rotatable bonds is 4. The minimum Gasteiger partial charge on any atom is -0.454 e. The fraction of sp³-hybridized carbons (Fsp3) is 0.200. The van der Waals surface area contributed by atoms with E-state index in [1.54, 1.807) is 6.07 Å². The highest BCUT2D eigenvalue weighted by atomic mass is 19.1. The second-order valence-corrected chi connectivity index (χ2v) is 4.53. The number of benzene rings is 2. The summed E-state index contributed by atoms with van der Waals surface area (Å²) in [5, 5.41) is 3.26. The number of fused-ring (bicyclic) bond motifs is 1. The van der Waals surface area contributed by atoms with Gasteiger partial charge in [0.1, 0.15) is 5.82 Å². The van der Waals surface area contributed by atoms with Crippen LogP contribution in [0.1, 0.15) is 5.56 Å². The monoisotopic (exact) mass is 274 g/mol. The number of hydrogen-bond donors (Lipinski definition) is 2. The third-order valence-electron chi connectivity index (χ3n) is 3.13. The number of halogens is 1. The molecule has 5 heteroatoms. The minimum atomic E-state index is -0.260. The van der Waals surface area contributed by atoms with Gasteiger partial charge in [-0.1, -0.05) is 0 Å². The van der Waals surface area contributed by atoms with E-state index < -0.39 is 0 Å². The lowest BCUT2D eigenvalue weighted by Gasteiger charge is -2.12. The lowest BCUT2D eigenvalue weighted by molar-refractivity contribution is 0.174. The number of ether oxygens (including phenoxy) is 2. The molecule has 20 heavy (non-hydrogen) atoms. The van der Waals surface area contributed by atoms with Crippen molar-refractivity contribution in [3.8, 4) is 11.5 Å². The van der Waals surface area contributed by atoms with Gasteiger partial charge in [-0.25, -0.2) is 4.39 Å². The molecule has 0 unspecified atom stereocenters. The molecule has 0 radical (unpaired) electrons. The summed E-state index contributed by atoms with van der Waals surface area (Å²) in [6.45, 7) is 0.715. The maximum Gasteiger partial charge on any atom is 0.231 e. The van der Waals surface area contributed by atoms with Gasteiger partial charge in [-0.05, 0) is 48.9 Å². The first-order chi connectivity index (χ1) is 9.76. The fourth-order valence-electron chi connectivity index (χ4n) is 2.18. The molecule has 0 saturated heterocycles. The normalized spacial score (nSPS) is 12.5. The van der Waals surface area contributed by atoms with E-state index in [1.807, 2.05) is 18.2 Å². The maximum atomic E-state index is 13.3. The van der Waals surface area contributed by atoms with Crippen molar-refractivity contribution in [2.24, 2.45) is 5.73 Å². The summed E-state index contributed by atoms with van der Waals surface area (Å²) in [5.74, 6) is 1.18. The molecule has 1 aliphatic rings. The molecule has 2 aromatic rings. The largest absolute Gasteiger partial charge is 0.454 e. The van der Waals surface area contributed by atoms with Gasteiger partial charge in [0.15, 0.2) is 11.5 Å². The summed E-state index contributed by atoms with van der Waals surface area (Å²) < 4.78 is 23.9. The molecule has 2 aromatic carbocycles. The van der Waals surface area contributed by atoms with Crippen molar-refractivity contribution in [1.29, 1.82) is 0 Å². The first kappa shape index (κ1) is 12.7. The van der Waals surface area contributed by atoms with Crippen LogP contribution in [0, 0.1) is 5.82 Å². The van der Waals surface area contributed by atoms with Gasteiger partial charge in [0.25, 0.3) is 0 Å². The summed E-state index contributed by atoms with van der Waals surface area (Å²) >= 11 is 0. The number of nitrogens with one attached hydrogen (secondary N) is 1. The zero-order valence-corrected chi connectivity index (χ0v) is 10.9. The third-order valence-corrected chi connectivity index (χ3v) is 3.13. The Kier molecular flexibility index (Phi) is 3.43. The van der Waals surface area contributed by atoms with Crippen molar-refractivity contribution in [1.82, 2.24) is 0 Å². The number of hydrogen-bond acceptors (Lipinski definition) is 4. The van der Waals surface area contributed by atoms with Crippen LogP contribution in [0.25, 0.3) is 0 Å². The van der Waals surface area contributed by atoms with Crippen molar-refractivity contribution in [2.75, 3.05) is 18.7 Å². The Morgan fingerprint density at radius 1 is 1.10 bits per heavy atom. The first-order valence-corrected chi connectivity index (χ1v) is 6.41. The summed E-state index contributed by atoms with van der Waals surface area (Å²) in [4.78, 5) is 0. The van der Waals surface area contributed by atoms with Crippen LogP contribution in [0.5, 0.6) is 11.5 Å². The van der Waals surface area contributed by atoms with Crippen molar-refractivity contribution in [3.63, 3.8) is 0 Å². The smallest absolute Gasteiger partial charge is 0.231 e. The summed E-state index contributed by atoms with van der Waals surface area (Å²) in [5.41, 5.74) is 8.12. The maximum absolute atomic E-state index is 13.3. The predicted molar refractivity (Wildman–Crippen MR) is 75.0 cm³/mol. The zero-order valence-electron chi connectivity index (χ0n) is 10.9. The zero-order chi connectivity index (χ0) is 13.9. The third kappa shape index (κ3) is 2.53. The van der Waals surface area contributed by atoms with Crippen LogP contribution < -0.4 is 20.5 Å². The van der Waals surface area contributed by atoms with Crippen LogP contribution in [0.4, 0.5) is 15.8 Å². The van der Waals surface area contributed by atoms with Crippen molar-refractivity contribution < 1.29 is 13.9 Å². The number of nitrogens with two attached hydrogens (primary N) is 1. The van der Waals surface area contributed by atoms with Crippen LogP contribution >= 0.6 is 0 Å². The molecule has 3 rings (SSSR count). The Hall–Kier alpha value is -2.27. The van der Waals surface area contributed by atoms with Crippen molar-refractivity contribution in [2.45, 2.75) is 6.42 Å². The molecule has 0 aliphatic carbocycles. The fourth-order valence-corrected chi connectivity index (χ4v) is 2.18. The van der Waals surface area contributed by atoms with E-state index in [4.69, 9.17) is 15.2 Å². The van der Waals surface area contributed by atoms with Crippen LogP contribution in [0.3, 0.4) is 0 Å². The highest BCUT2D eigenvalue weighted by Gasteiger charge is 2.13. The highest BCUT2D eigenvalue weighted by molar-refractivity contribution is 5.66. The van der Waals surface area contributed by atoms with Gasteiger partial charge < -0.3 is 20.5 Å². The van der Waals surface area contributed by atoms with Gasteiger partial charge in [-0.3, -0.25) is 0 Å². The lowest BCUT2D eigenvalue weighted by Crippen LogP contribution is -2.05. The molecule has 1 heterocycles. The van der Waals surface area contributed by atoms with Gasteiger partial charge in [-0.2, -0.15) is 0 Å². The lowest BCUT2D eigenvalue weighted by atomic mass is 10.1. The van der Waals surface area contributed by atoms with Crippen molar-refractivity contribution >= 4 is 11.4 Å². The van der Waals surface area contributed by atoms with E-state index >= 15 is 0 Å². The van der Waals surface area contributed by atoms with E-state index in [0.717, 1.165) is 22.7 Å². The molecule has 3 N–H and O–H groups in total. The van der Waals surface area contributed by atoms with Gasteiger partial charge in [0.2, 0.25) is 6.79 Å².